The summed E-state index contributed by atoms with van der Waals surface area (Å²) in [6.07, 6.45) is 1.73. The molecule has 0 N–H and O–H groups in total. The van der Waals surface area contributed by atoms with E-state index in [0.717, 1.165) is 27.7 Å². The minimum absolute atomic E-state index is 0.288. The van der Waals surface area contributed by atoms with E-state index in [1.165, 1.54) is 7.11 Å². The van der Waals surface area contributed by atoms with Gasteiger partial charge in [-0.2, -0.15) is 0 Å². The Morgan fingerprint density at radius 3 is 2.71 bits per heavy atom. The molecule has 2 heterocycles. The van der Waals surface area contributed by atoms with Gasteiger partial charge in [0, 0.05) is 17.1 Å². The summed E-state index contributed by atoms with van der Waals surface area (Å²) < 4.78 is 4.78. The van der Waals surface area contributed by atoms with Gasteiger partial charge in [-0.15, -0.1) is 0 Å². The number of carbonyl (C=O) groups excluding carboxylic acids is 1. The number of hydrogen-bond acceptors (Lipinski definition) is 4. The Morgan fingerprint density at radius 2 is 2.00 bits per heavy atom. The number of methoxy groups -OCH3 is 1. The minimum atomic E-state index is -0.449. The number of fused-ring (bicyclic) bond motifs is 1. The fourth-order valence-electron chi connectivity index (χ4n) is 2.28. The standard InChI is InChI=1S/C17H14N2O2/c1-11-6-7-12-13(14-5-3-4-8-18-14)10-16(17(20)21-2)19-15(12)9-11/h3-10H,1-2H3. The monoisotopic (exact) mass is 278 g/mol. The maximum atomic E-state index is 11.8. The number of benzene rings is 1. The lowest BCUT2D eigenvalue weighted by atomic mass is 10.0. The van der Waals surface area contributed by atoms with Crippen molar-refractivity contribution in [2.24, 2.45) is 0 Å². The van der Waals surface area contributed by atoms with E-state index in [4.69, 9.17) is 4.74 Å². The van der Waals surface area contributed by atoms with Gasteiger partial charge in [0.1, 0.15) is 5.69 Å². The van der Waals surface area contributed by atoms with Crippen molar-refractivity contribution in [3.63, 3.8) is 0 Å². The summed E-state index contributed by atoms with van der Waals surface area (Å²) in [4.78, 5) is 20.6. The number of esters is 1. The lowest BCUT2D eigenvalue weighted by molar-refractivity contribution is 0.0594. The Balaban J connectivity index is 2.33. The molecule has 0 spiro atoms. The third-order valence-electron chi connectivity index (χ3n) is 3.30. The molecule has 0 atom stereocenters. The number of ether oxygens (including phenoxy) is 1. The average Bonchev–Trinajstić information content (AvgIpc) is 2.53. The van der Waals surface area contributed by atoms with Gasteiger partial charge in [-0.3, -0.25) is 4.98 Å². The Bertz CT molecular complexity index is 814. The first-order valence-electron chi connectivity index (χ1n) is 6.60. The SMILES string of the molecule is COC(=O)c1cc(-c2ccccn2)c2ccc(C)cc2n1. The number of aromatic nitrogens is 2. The molecule has 0 radical (unpaired) electrons. The molecule has 21 heavy (non-hydrogen) atoms. The van der Waals surface area contributed by atoms with Crippen molar-refractivity contribution in [3.05, 3.63) is 59.9 Å². The van der Waals surface area contributed by atoms with Gasteiger partial charge in [-0.05, 0) is 36.8 Å². The fourth-order valence-corrected chi connectivity index (χ4v) is 2.28. The van der Waals surface area contributed by atoms with Crippen LogP contribution in [0.4, 0.5) is 0 Å². The van der Waals surface area contributed by atoms with Crippen LogP contribution >= 0.6 is 0 Å². The molecule has 4 heteroatoms. The number of rotatable bonds is 2. The second kappa shape index (κ2) is 5.32. The van der Waals surface area contributed by atoms with Gasteiger partial charge < -0.3 is 4.74 Å². The molecule has 3 aromatic rings. The van der Waals surface area contributed by atoms with Crippen molar-refractivity contribution in [1.29, 1.82) is 0 Å². The van der Waals surface area contributed by atoms with Crippen LogP contribution < -0.4 is 0 Å². The second-order valence-electron chi connectivity index (χ2n) is 4.78. The van der Waals surface area contributed by atoms with Gasteiger partial charge in [0.15, 0.2) is 0 Å². The minimum Gasteiger partial charge on any atom is -0.464 e. The predicted molar refractivity (Wildman–Crippen MR) is 81.1 cm³/mol. The smallest absolute Gasteiger partial charge is 0.356 e. The van der Waals surface area contributed by atoms with Crippen LogP contribution in [0, 0.1) is 6.92 Å². The summed E-state index contributed by atoms with van der Waals surface area (Å²) in [7, 11) is 1.35. The van der Waals surface area contributed by atoms with E-state index in [1.807, 2.05) is 43.3 Å². The van der Waals surface area contributed by atoms with Crippen molar-refractivity contribution in [3.8, 4) is 11.3 Å². The Morgan fingerprint density at radius 1 is 1.14 bits per heavy atom. The maximum absolute atomic E-state index is 11.8. The first kappa shape index (κ1) is 13.2. The van der Waals surface area contributed by atoms with Gasteiger partial charge in [0.25, 0.3) is 0 Å². The quantitative estimate of drug-likeness (QED) is 0.674. The lowest BCUT2D eigenvalue weighted by Crippen LogP contribution is -2.05. The predicted octanol–water partition coefficient (Wildman–Crippen LogP) is 3.39. The van der Waals surface area contributed by atoms with Gasteiger partial charge in [0.05, 0.1) is 18.3 Å². The largest absolute Gasteiger partial charge is 0.464 e. The van der Waals surface area contributed by atoms with Crippen molar-refractivity contribution >= 4 is 16.9 Å². The Labute approximate surface area is 122 Å². The van der Waals surface area contributed by atoms with Crippen molar-refractivity contribution in [2.75, 3.05) is 7.11 Å². The molecule has 104 valence electrons. The van der Waals surface area contributed by atoms with E-state index in [-0.39, 0.29) is 5.69 Å². The Kier molecular flexibility index (Phi) is 3.36. The summed E-state index contributed by atoms with van der Waals surface area (Å²) in [6, 6.07) is 13.4. The third-order valence-corrected chi connectivity index (χ3v) is 3.30. The maximum Gasteiger partial charge on any atom is 0.356 e. The molecular weight excluding hydrogens is 264 g/mol. The van der Waals surface area contributed by atoms with E-state index >= 15 is 0 Å². The number of carbonyl (C=O) groups is 1. The highest BCUT2D eigenvalue weighted by molar-refractivity contribution is 5.99. The summed E-state index contributed by atoms with van der Waals surface area (Å²) in [5.74, 6) is -0.449. The molecule has 2 aromatic heterocycles. The molecule has 0 bridgehead atoms. The molecule has 0 saturated heterocycles. The zero-order chi connectivity index (χ0) is 14.8. The number of pyridine rings is 2. The van der Waals surface area contributed by atoms with Crippen LogP contribution in [0.2, 0.25) is 0 Å². The molecule has 0 aliphatic carbocycles. The summed E-state index contributed by atoms with van der Waals surface area (Å²) >= 11 is 0. The molecule has 0 fully saturated rings. The average molecular weight is 278 g/mol. The third kappa shape index (κ3) is 2.48. The summed E-state index contributed by atoms with van der Waals surface area (Å²) in [6.45, 7) is 1.99. The molecular formula is C17H14N2O2. The molecule has 0 saturated carbocycles. The number of nitrogens with zero attached hydrogens (tertiary/aromatic N) is 2. The van der Waals surface area contributed by atoms with Crippen LogP contribution in [0.5, 0.6) is 0 Å². The highest BCUT2D eigenvalue weighted by Crippen LogP contribution is 2.28. The number of aryl methyl sites for hydroxylation is 1. The zero-order valence-electron chi connectivity index (χ0n) is 11.8. The highest BCUT2D eigenvalue weighted by Gasteiger charge is 2.14. The topological polar surface area (TPSA) is 52.1 Å². The molecule has 0 amide bonds. The number of hydrogen-bond donors (Lipinski definition) is 0. The molecule has 4 nitrogen and oxygen atoms in total. The van der Waals surface area contributed by atoms with Crippen LogP contribution in [-0.4, -0.2) is 23.0 Å². The van der Waals surface area contributed by atoms with E-state index in [1.54, 1.807) is 12.3 Å². The van der Waals surface area contributed by atoms with E-state index < -0.39 is 5.97 Å². The van der Waals surface area contributed by atoms with Gasteiger partial charge in [0.2, 0.25) is 0 Å². The summed E-state index contributed by atoms with van der Waals surface area (Å²) in [5.41, 5.74) is 3.82. The van der Waals surface area contributed by atoms with E-state index in [0.29, 0.717) is 0 Å². The van der Waals surface area contributed by atoms with Crippen LogP contribution in [0.25, 0.3) is 22.2 Å². The normalized spacial score (nSPS) is 10.6. The van der Waals surface area contributed by atoms with Crippen molar-refractivity contribution < 1.29 is 9.53 Å². The zero-order valence-corrected chi connectivity index (χ0v) is 11.8. The van der Waals surface area contributed by atoms with Crippen LogP contribution in [0.1, 0.15) is 16.1 Å². The fraction of sp³-hybridized carbons (Fsp3) is 0.118. The molecule has 0 aliphatic rings. The van der Waals surface area contributed by atoms with Crippen LogP contribution in [0.3, 0.4) is 0 Å². The van der Waals surface area contributed by atoms with Crippen molar-refractivity contribution in [2.45, 2.75) is 6.92 Å². The van der Waals surface area contributed by atoms with Gasteiger partial charge in [-0.25, -0.2) is 9.78 Å². The molecule has 3 rings (SSSR count). The first-order chi connectivity index (χ1) is 10.2. The Hall–Kier alpha value is -2.75. The lowest BCUT2D eigenvalue weighted by Gasteiger charge is -2.09. The highest BCUT2D eigenvalue weighted by atomic mass is 16.5. The van der Waals surface area contributed by atoms with E-state index in [2.05, 4.69) is 9.97 Å². The molecule has 0 unspecified atom stereocenters. The molecule has 0 aliphatic heterocycles. The van der Waals surface area contributed by atoms with Gasteiger partial charge in [-0.1, -0.05) is 18.2 Å². The van der Waals surface area contributed by atoms with Crippen LogP contribution in [-0.2, 0) is 4.74 Å². The van der Waals surface area contributed by atoms with E-state index in [9.17, 15) is 4.79 Å². The first-order valence-corrected chi connectivity index (χ1v) is 6.60. The second-order valence-corrected chi connectivity index (χ2v) is 4.78. The van der Waals surface area contributed by atoms with Crippen LogP contribution in [0.15, 0.2) is 48.7 Å². The van der Waals surface area contributed by atoms with Crippen molar-refractivity contribution in [1.82, 2.24) is 9.97 Å². The summed E-state index contributed by atoms with van der Waals surface area (Å²) in [5, 5.41) is 0.965. The molecule has 1 aromatic carbocycles. The van der Waals surface area contributed by atoms with Gasteiger partial charge >= 0.3 is 5.97 Å².